The monoisotopic (exact) mass is 158 g/mol. The van der Waals surface area contributed by atoms with Crippen molar-refractivity contribution in [2.75, 3.05) is 5.75 Å². The number of hydrogen-bond donors (Lipinski definition) is 0. The van der Waals surface area contributed by atoms with Gasteiger partial charge in [-0.3, -0.25) is 0 Å². The van der Waals surface area contributed by atoms with E-state index in [0.29, 0.717) is 0 Å². The van der Waals surface area contributed by atoms with Gasteiger partial charge in [0.2, 0.25) is 0 Å². The average molecular weight is 158 g/mol. The van der Waals surface area contributed by atoms with Crippen LogP contribution in [0.3, 0.4) is 0 Å². The molecular formula is C9H11LiS. The third kappa shape index (κ3) is 3.91. The molecule has 0 saturated carbocycles. The standard InChI is InChI=1S/C9H11S.Li/c1-2-10-8-9-6-4-3-5-7-9;/h3-7H,1-2,8H2;. The van der Waals surface area contributed by atoms with E-state index in [2.05, 4.69) is 48.0 Å². The molecule has 0 N–H and O–H groups in total. The fourth-order valence-electron chi connectivity index (χ4n) is 0.909. The molecule has 0 radical (unpaired) electrons. The molecule has 0 nitrogen and oxygen atoms in total. The van der Waals surface area contributed by atoms with Crippen molar-refractivity contribution in [3.05, 3.63) is 35.9 Å². The molecule has 1 aromatic rings. The molecule has 1 rings (SSSR count). The molecule has 2 heteroatoms. The van der Waals surface area contributed by atoms with Crippen LogP contribution in [0.4, 0.5) is 0 Å². The van der Waals surface area contributed by atoms with E-state index in [-0.39, 0.29) is 0 Å². The Morgan fingerprint density at radius 1 is 1.18 bits per heavy atom. The summed E-state index contributed by atoms with van der Waals surface area (Å²) in [5.74, 6) is 2.43. The topological polar surface area (TPSA) is 0 Å². The van der Waals surface area contributed by atoms with Crippen LogP contribution in [0.1, 0.15) is 5.56 Å². The van der Waals surface area contributed by atoms with Gasteiger partial charge in [-0.1, -0.05) is 0 Å². The van der Waals surface area contributed by atoms with E-state index >= 15 is 0 Å². The van der Waals surface area contributed by atoms with Crippen LogP contribution in [0.15, 0.2) is 30.3 Å². The fourth-order valence-corrected chi connectivity index (χ4v) is 1.77. The zero-order valence-electron chi connectivity index (χ0n) is 6.92. The Morgan fingerprint density at radius 2 is 1.91 bits per heavy atom. The van der Waals surface area contributed by atoms with Gasteiger partial charge in [-0.25, -0.2) is 0 Å². The molecule has 0 aliphatic heterocycles. The normalized spacial score (nSPS) is 10.0. The fraction of sp³-hybridized carbons (Fsp3) is 0.333. The van der Waals surface area contributed by atoms with Crippen LogP contribution in [0.5, 0.6) is 0 Å². The first-order chi connectivity index (χ1) is 5.43. The number of benzene rings is 1. The predicted molar refractivity (Wildman–Crippen MR) is 53.2 cm³/mol. The van der Waals surface area contributed by atoms with Crippen molar-refractivity contribution < 1.29 is 0 Å². The van der Waals surface area contributed by atoms with Gasteiger partial charge in [0.15, 0.2) is 0 Å². The molecule has 0 heterocycles. The second-order valence-electron chi connectivity index (χ2n) is 2.54. The quantitative estimate of drug-likeness (QED) is 0.479. The van der Waals surface area contributed by atoms with Crippen LogP contribution in [0.25, 0.3) is 0 Å². The van der Waals surface area contributed by atoms with Crippen molar-refractivity contribution in [1.82, 2.24) is 0 Å². The van der Waals surface area contributed by atoms with E-state index in [1.807, 2.05) is 11.8 Å². The molecule has 0 atom stereocenters. The maximum atomic E-state index is 2.22. The van der Waals surface area contributed by atoms with Gasteiger partial charge in [-0.15, -0.1) is 0 Å². The predicted octanol–water partition coefficient (Wildman–Crippen LogP) is 2.51. The zero-order chi connectivity index (χ0) is 7.94. The Labute approximate surface area is 82.0 Å². The molecule has 0 aliphatic rings. The molecule has 54 valence electrons. The minimum absolute atomic E-state index is 1.16. The summed E-state index contributed by atoms with van der Waals surface area (Å²) in [5.41, 5.74) is 1.44. The third-order valence-corrected chi connectivity index (χ3v) is 2.69. The number of rotatable bonds is 4. The van der Waals surface area contributed by atoms with E-state index in [1.54, 1.807) is 0 Å². The Hall–Kier alpha value is 0.167. The van der Waals surface area contributed by atoms with Gasteiger partial charge >= 0.3 is 82.0 Å². The Bertz CT molecular complexity index is 186. The molecule has 0 unspecified atom stereocenters. The van der Waals surface area contributed by atoms with Crippen molar-refractivity contribution in [3.63, 3.8) is 0 Å². The molecule has 11 heavy (non-hydrogen) atoms. The summed E-state index contributed by atoms with van der Waals surface area (Å²) in [5, 5.41) is 1.28. The molecule has 0 saturated heterocycles. The SMILES string of the molecule is [Li][CH2]CSCc1ccccc1. The molecule has 1 aromatic carbocycles. The minimum atomic E-state index is 1.16. The molecule has 0 aliphatic carbocycles. The second-order valence-corrected chi connectivity index (χ2v) is 3.64. The van der Waals surface area contributed by atoms with Crippen molar-refractivity contribution in [1.29, 1.82) is 0 Å². The van der Waals surface area contributed by atoms with Crippen LogP contribution < -0.4 is 0 Å². The molecule has 0 spiro atoms. The molecular weight excluding hydrogens is 147 g/mol. The first-order valence-corrected chi connectivity index (χ1v) is 5.20. The van der Waals surface area contributed by atoms with Crippen LogP contribution in [0.2, 0.25) is 5.09 Å². The van der Waals surface area contributed by atoms with Gasteiger partial charge in [-0.2, -0.15) is 0 Å². The van der Waals surface area contributed by atoms with E-state index in [0.717, 1.165) is 5.75 Å². The van der Waals surface area contributed by atoms with Gasteiger partial charge in [0, 0.05) is 0 Å². The summed E-state index contributed by atoms with van der Waals surface area (Å²) in [6, 6.07) is 10.6. The second kappa shape index (κ2) is 5.77. The van der Waals surface area contributed by atoms with Crippen LogP contribution >= 0.6 is 11.8 Å². The van der Waals surface area contributed by atoms with E-state index in [9.17, 15) is 0 Å². The van der Waals surface area contributed by atoms with Crippen LogP contribution in [-0.4, -0.2) is 23.5 Å². The summed E-state index contributed by atoms with van der Waals surface area (Å²) in [4.78, 5) is 0. The van der Waals surface area contributed by atoms with Gasteiger partial charge in [-0.05, 0) is 0 Å². The van der Waals surface area contributed by atoms with E-state index in [4.69, 9.17) is 0 Å². The first kappa shape index (κ1) is 9.26. The summed E-state index contributed by atoms with van der Waals surface area (Å²) in [6.45, 7) is 0. The zero-order valence-corrected chi connectivity index (χ0v) is 7.73. The van der Waals surface area contributed by atoms with Crippen molar-refractivity contribution >= 4 is 29.5 Å². The van der Waals surface area contributed by atoms with Crippen LogP contribution in [0, 0.1) is 0 Å². The summed E-state index contributed by atoms with van der Waals surface area (Å²) < 4.78 is 0. The third-order valence-electron chi connectivity index (χ3n) is 1.46. The number of thioether (sulfide) groups is 1. The van der Waals surface area contributed by atoms with Crippen molar-refractivity contribution in [2.24, 2.45) is 0 Å². The van der Waals surface area contributed by atoms with Gasteiger partial charge in [0.1, 0.15) is 0 Å². The van der Waals surface area contributed by atoms with E-state index in [1.165, 1.54) is 16.4 Å². The van der Waals surface area contributed by atoms with Crippen molar-refractivity contribution in [3.8, 4) is 0 Å². The van der Waals surface area contributed by atoms with Crippen molar-refractivity contribution in [2.45, 2.75) is 10.8 Å². The summed E-state index contributed by atoms with van der Waals surface area (Å²) >= 11 is 4.23. The summed E-state index contributed by atoms with van der Waals surface area (Å²) in [6.07, 6.45) is 0. The molecule has 0 fully saturated rings. The first-order valence-electron chi connectivity index (χ1n) is 4.05. The van der Waals surface area contributed by atoms with Gasteiger partial charge in [0.05, 0.1) is 0 Å². The van der Waals surface area contributed by atoms with E-state index < -0.39 is 0 Å². The molecule has 0 bridgehead atoms. The van der Waals surface area contributed by atoms with Gasteiger partial charge < -0.3 is 0 Å². The Morgan fingerprint density at radius 3 is 2.55 bits per heavy atom. The Kier molecular flexibility index (Phi) is 4.86. The van der Waals surface area contributed by atoms with Gasteiger partial charge in [0.25, 0.3) is 0 Å². The molecule has 0 aromatic heterocycles. The van der Waals surface area contributed by atoms with Crippen LogP contribution in [-0.2, 0) is 5.75 Å². The average Bonchev–Trinajstić information content (AvgIpc) is 2.07. The maximum absolute atomic E-state index is 2.22. The molecule has 0 amide bonds. The Balaban J connectivity index is 2.28. The summed E-state index contributed by atoms with van der Waals surface area (Å²) in [7, 11) is 0. The number of hydrogen-bond acceptors (Lipinski definition) is 1.